The first-order valence-corrected chi connectivity index (χ1v) is 4.07. The van der Waals surface area contributed by atoms with Crippen molar-refractivity contribution < 1.29 is 32.9 Å². The zero-order chi connectivity index (χ0) is 12.3. The average Bonchev–Trinajstić information content (AvgIpc) is 2.19. The highest BCUT2D eigenvalue weighted by molar-refractivity contribution is 5.74. The lowest BCUT2D eigenvalue weighted by molar-refractivity contribution is -0.147. The van der Waals surface area contributed by atoms with Crippen LogP contribution in [0, 0.1) is 5.82 Å². The van der Waals surface area contributed by atoms with Gasteiger partial charge >= 0.3 is 12.6 Å². The van der Waals surface area contributed by atoms with Gasteiger partial charge in [-0.2, -0.15) is 8.78 Å². The Bertz CT molecular complexity index is 394. The number of aliphatic hydroxyl groups excluding tert-OH is 1. The molecule has 88 valence electrons. The molecular formula is C9H7F3O4. The van der Waals surface area contributed by atoms with Crippen LogP contribution in [0.1, 0.15) is 11.7 Å². The fourth-order valence-electron chi connectivity index (χ4n) is 1.04. The normalized spacial score (nSPS) is 12.6. The van der Waals surface area contributed by atoms with Gasteiger partial charge in [0.2, 0.25) is 0 Å². The van der Waals surface area contributed by atoms with Gasteiger partial charge in [0, 0.05) is 5.56 Å². The second-order valence-electron chi connectivity index (χ2n) is 2.80. The quantitative estimate of drug-likeness (QED) is 0.832. The molecule has 1 aromatic carbocycles. The van der Waals surface area contributed by atoms with Gasteiger partial charge in [0.15, 0.2) is 6.10 Å². The highest BCUT2D eigenvalue weighted by Crippen LogP contribution is 2.24. The second-order valence-corrected chi connectivity index (χ2v) is 2.80. The number of rotatable bonds is 4. The number of aliphatic hydroxyl groups is 1. The Kier molecular flexibility index (Phi) is 3.73. The number of carbonyl (C=O) groups is 1. The van der Waals surface area contributed by atoms with E-state index in [9.17, 15) is 18.0 Å². The van der Waals surface area contributed by atoms with Crippen molar-refractivity contribution in [3.63, 3.8) is 0 Å². The largest absolute Gasteiger partial charge is 0.479 e. The molecule has 0 aliphatic heterocycles. The van der Waals surface area contributed by atoms with E-state index in [0.717, 1.165) is 12.1 Å². The van der Waals surface area contributed by atoms with Crippen LogP contribution in [0.4, 0.5) is 13.2 Å². The molecule has 1 atom stereocenters. The summed E-state index contributed by atoms with van der Waals surface area (Å²) < 4.78 is 40.6. The number of aliphatic carboxylic acids is 1. The fraction of sp³-hybridized carbons (Fsp3) is 0.222. The predicted octanol–water partition coefficient (Wildman–Crippen LogP) is 1.55. The molecule has 0 radical (unpaired) electrons. The third-order valence-electron chi connectivity index (χ3n) is 1.72. The standard InChI is InChI=1S/C9H7F3O4/c10-6-2-1-4(16-9(11)12)3-5(6)7(13)8(14)15/h1-3,7,9,13H,(H,14,15). The lowest BCUT2D eigenvalue weighted by Gasteiger charge is -2.10. The van der Waals surface area contributed by atoms with Gasteiger partial charge in [-0.3, -0.25) is 0 Å². The molecule has 0 aromatic heterocycles. The van der Waals surface area contributed by atoms with E-state index in [1.165, 1.54) is 0 Å². The zero-order valence-electron chi connectivity index (χ0n) is 7.73. The van der Waals surface area contributed by atoms with E-state index < -0.39 is 35.8 Å². The lowest BCUT2D eigenvalue weighted by atomic mass is 10.1. The molecule has 0 fully saturated rings. The first-order chi connectivity index (χ1) is 7.41. The van der Waals surface area contributed by atoms with Crippen LogP contribution in [-0.2, 0) is 4.79 Å². The maximum Gasteiger partial charge on any atom is 0.387 e. The Morgan fingerprint density at radius 3 is 2.50 bits per heavy atom. The summed E-state index contributed by atoms with van der Waals surface area (Å²) in [6.07, 6.45) is -2.12. The number of carboxylic acid groups (broad SMARTS) is 1. The molecule has 16 heavy (non-hydrogen) atoms. The zero-order valence-corrected chi connectivity index (χ0v) is 7.73. The van der Waals surface area contributed by atoms with Crippen molar-refractivity contribution in [2.75, 3.05) is 0 Å². The molecule has 0 saturated carbocycles. The summed E-state index contributed by atoms with van der Waals surface area (Å²) in [6, 6.07) is 2.35. The first-order valence-electron chi connectivity index (χ1n) is 4.07. The van der Waals surface area contributed by atoms with Crippen molar-refractivity contribution in [2.24, 2.45) is 0 Å². The third-order valence-corrected chi connectivity index (χ3v) is 1.72. The van der Waals surface area contributed by atoms with Crippen LogP contribution in [-0.4, -0.2) is 22.8 Å². The number of benzene rings is 1. The van der Waals surface area contributed by atoms with Crippen molar-refractivity contribution >= 4 is 5.97 Å². The molecule has 1 aromatic rings. The topological polar surface area (TPSA) is 66.8 Å². The second kappa shape index (κ2) is 4.84. The minimum Gasteiger partial charge on any atom is -0.479 e. The average molecular weight is 236 g/mol. The minimum absolute atomic E-state index is 0.424. The Morgan fingerprint density at radius 2 is 2.00 bits per heavy atom. The molecule has 2 N–H and O–H groups in total. The molecule has 0 saturated heterocycles. The van der Waals surface area contributed by atoms with Gasteiger partial charge in [0.25, 0.3) is 0 Å². The molecule has 4 nitrogen and oxygen atoms in total. The molecule has 1 unspecified atom stereocenters. The van der Waals surface area contributed by atoms with Gasteiger partial charge in [-0.25, -0.2) is 9.18 Å². The predicted molar refractivity (Wildman–Crippen MR) is 45.6 cm³/mol. The maximum absolute atomic E-state index is 13.1. The van der Waals surface area contributed by atoms with Crippen molar-refractivity contribution in [3.05, 3.63) is 29.6 Å². The summed E-state index contributed by atoms with van der Waals surface area (Å²) in [5.41, 5.74) is -0.634. The van der Waals surface area contributed by atoms with Crippen molar-refractivity contribution in [3.8, 4) is 5.75 Å². The van der Waals surface area contributed by atoms with E-state index in [4.69, 9.17) is 10.2 Å². The van der Waals surface area contributed by atoms with Crippen LogP contribution < -0.4 is 4.74 Å². The Hall–Kier alpha value is -1.76. The van der Waals surface area contributed by atoms with Crippen LogP contribution in [0.15, 0.2) is 18.2 Å². The molecule has 0 amide bonds. The molecule has 0 bridgehead atoms. The molecule has 0 heterocycles. The van der Waals surface area contributed by atoms with E-state index in [2.05, 4.69) is 4.74 Å². The van der Waals surface area contributed by atoms with Crippen molar-refractivity contribution in [1.82, 2.24) is 0 Å². The van der Waals surface area contributed by atoms with Gasteiger partial charge in [0.05, 0.1) is 0 Å². The smallest absolute Gasteiger partial charge is 0.387 e. The summed E-state index contributed by atoms with van der Waals surface area (Å²) in [6.45, 7) is -3.11. The van der Waals surface area contributed by atoms with E-state index in [-0.39, 0.29) is 0 Å². The van der Waals surface area contributed by atoms with Gasteiger partial charge in [0.1, 0.15) is 11.6 Å². The van der Waals surface area contributed by atoms with Crippen LogP contribution >= 0.6 is 0 Å². The first kappa shape index (κ1) is 12.3. The van der Waals surface area contributed by atoms with E-state index in [0.29, 0.717) is 6.07 Å². The molecule has 7 heteroatoms. The Labute approximate surface area is 87.9 Å². The molecule has 0 aliphatic carbocycles. The van der Waals surface area contributed by atoms with Crippen LogP contribution in [0.2, 0.25) is 0 Å². The Morgan fingerprint density at radius 1 is 1.38 bits per heavy atom. The number of halogens is 3. The van der Waals surface area contributed by atoms with E-state index in [1.54, 1.807) is 0 Å². The summed E-state index contributed by atoms with van der Waals surface area (Å²) in [7, 11) is 0. The van der Waals surface area contributed by atoms with Gasteiger partial charge in [-0.15, -0.1) is 0 Å². The van der Waals surface area contributed by atoms with E-state index in [1.807, 2.05) is 0 Å². The van der Waals surface area contributed by atoms with Gasteiger partial charge in [-0.05, 0) is 18.2 Å². The third kappa shape index (κ3) is 2.86. The summed E-state index contributed by atoms with van der Waals surface area (Å²) in [5, 5.41) is 17.5. The number of alkyl halides is 2. The summed E-state index contributed by atoms with van der Waals surface area (Å²) >= 11 is 0. The van der Waals surface area contributed by atoms with Gasteiger partial charge in [-0.1, -0.05) is 0 Å². The van der Waals surface area contributed by atoms with Crippen LogP contribution in [0.3, 0.4) is 0 Å². The number of ether oxygens (including phenoxy) is 1. The fourth-order valence-corrected chi connectivity index (χ4v) is 1.04. The Balaban J connectivity index is 3.03. The minimum atomic E-state index is -3.11. The van der Waals surface area contributed by atoms with E-state index >= 15 is 0 Å². The number of carboxylic acids is 1. The van der Waals surface area contributed by atoms with Crippen molar-refractivity contribution in [1.29, 1.82) is 0 Å². The molecular weight excluding hydrogens is 229 g/mol. The highest BCUT2D eigenvalue weighted by Gasteiger charge is 2.21. The number of hydrogen-bond donors (Lipinski definition) is 2. The van der Waals surface area contributed by atoms with Crippen molar-refractivity contribution in [2.45, 2.75) is 12.7 Å². The van der Waals surface area contributed by atoms with Gasteiger partial charge < -0.3 is 14.9 Å². The van der Waals surface area contributed by atoms with Crippen LogP contribution in [0.25, 0.3) is 0 Å². The monoisotopic (exact) mass is 236 g/mol. The lowest BCUT2D eigenvalue weighted by Crippen LogP contribution is -2.13. The van der Waals surface area contributed by atoms with Crippen LogP contribution in [0.5, 0.6) is 5.75 Å². The SMILES string of the molecule is O=C(O)C(O)c1cc(OC(F)F)ccc1F. The molecule has 0 aliphatic rings. The number of hydrogen-bond acceptors (Lipinski definition) is 3. The highest BCUT2D eigenvalue weighted by atomic mass is 19.3. The summed E-state index contributed by atoms with van der Waals surface area (Å²) in [4.78, 5) is 10.4. The maximum atomic E-state index is 13.1. The summed E-state index contributed by atoms with van der Waals surface area (Å²) in [5.74, 6) is -3.13. The molecule has 1 rings (SSSR count). The molecule has 0 spiro atoms.